The van der Waals surface area contributed by atoms with Gasteiger partial charge in [0.25, 0.3) is 0 Å². The largest absolute Gasteiger partial charge is 0.459 e. The second-order valence-electron chi connectivity index (χ2n) is 7.14. The summed E-state index contributed by atoms with van der Waals surface area (Å²) in [6, 6.07) is 0. The third kappa shape index (κ3) is 4.07. The quantitative estimate of drug-likeness (QED) is 0.295. The van der Waals surface area contributed by atoms with Crippen LogP contribution in [0.4, 0.5) is 0 Å². The number of nitro groups is 1. The summed E-state index contributed by atoms with van der Waals surface area (Å²) in [5.74, 6) is -0.730. The Morgan fingerprint density at radius 2 is 1.73 bits per heavy atom. The van der Waals surface area contributed by atoms with Gasteiger partial charge in [-0.2, -0.15) is 0 Å². The molecule has 1 aliphatic heterocycles. The van der Waals surface area contributed by atoms with Gasteiger partial charge in [0.15, 0.2) is 0 Å². The number of cyclic esters (lactones) is 1. The van der Waals surface area contributed by atoms with E-state index >= 15 is 0 Å². The van der Waals surface area contributed by atoms with E-state index in [9.17, 15) is 14.9 Å². The summed E-state index contributed by atoms with van der Waals surface area (Å²) in [4.78, 5) is 21.8. The Morgan fingerprint density at radius 1 is 1.23 bits per heavy atom. The number of hydrogen-bond donors (Lipinski definition) is 0. The second-order valence-corrected chi connectivity index (χ2v) is 12.6. The molecule has 2 atom stereocenters. The van der Waals surface area contributed by atoms with Crippen LogP contribution < -0.4 is 0 Å². The van der Waals surface area contributed by atoms with E-state index in [0.717, 1.165) is 0 Å². The molecule has 0 aromatic rings. The molecule has 0 spiro atoms. The molecular weight excluding hydrogens is 302 g/mol. The summed E-state index contributed by atoms with van der Waals surface area (Å²) < 4.78 is 11.7. The van der Waals surface area contributed by atoms with Gasteiger partial charge in [0.05, 0.1) is 18.9 Å². The summed E-state index contributed by atoms with van der Waals surface area (Å²) in [5.41, 5.74) is 1.29. The number of carbonyl (C=O) groups is 1. The molecule has 1 fully saturated rings. The zero-order valence-corrected chi connectivity index (χ0v) is 15.5. The van der Waals surface area contributed by atoms with E-state index in [1.54, 1.807) is 0 Å². The summed E-state index contributed by atoms with van der Waals surface area (Å²) in [5, 5.41) is 10.7. The van der Waals surface area contributed by atoms with Crippen LogP contribution in [0.15, 0.2) is 0 Å². The Labute approximate surface area is 133 Å². The smallest absolute Gasteiger partial charge is 0.306 e. The summed E-state index contributed by atoms with van der Waals surface area (Å²) in [7, 11) is -2.05. The molecule has 128 valence electrons. The van der Waals surface area contributed by atoms with Gasteiger partial charge < -0.3 is 9.16 Å². The van der Waals surface area contributed by atoms with Crippen molar-refractivity contribution in [1.29, 1.82) is 0 Å². The van der Waals surface area contributed by atoms with Crippen LogP contribution in [0.2, 0.25) is 16.6 Å². The fourth-order valence-corrected chi connectivity index (χ4v) is 9.38. The third-order valence-corrected chi connectivity index (χ3v) is 10.9. The van der Waals surface area contributed by atoms with E-state index in [0.29, 0.717) is 16.6 Å². The van der Waals surface area contributed by atoms with Crippen molar-refractivity contribution >= 4 is 14.3 Å². The Morgan fingerprint density at radius 3 is 2.14 bits per heavy atom. The van der Waals surface area contributed by atoms with Crippen molar-refractivity contribution in [2.75, 3.05) is 13.2 Å². The van der Waals surface area contributed by atoms with E-state index in [-0.39, 0.29) is 36.4 Å². The van der Waals surface area contributed by atoms with Gasteiger partial charge >= 0.3 is 5.97 Å². The number of nitrogens with zero attached hydrogens (tertiary/aromatic N) is 1. The van der Waals surface area contributed by atoms with Crippen molar-refractivity contribution < 1.29 is 18.9 Å². The molecule has 22 heavy (non-hydrogen) atoms. The highest BCUT2D eigenvalue weighted by Gasteiger charge is 2.47. The van der Waals surface area contributed by atoms with Gasteiger partial charge in [-0.25, -0.2) is 0 Å². The van der Waals surface area contributed by atoms with Gasteiger partial charge in [-0.15, -0.1) is 0 Å². The third-order valence-electron chi connectivity index (χ3n) is 4.83. The van der Waals surface area contributed by atoms with E-state index in [1.807, 2.05) is 0 Å². The second kappa shape index (κ2) is 7.54. The zero-order valence-electron chi connectivity index (χ0n) is 14.5. The first-order valence-electron chi connectivity index (χ1n) is 8.06. The summed E-state index contributed by atoms with van der Waals surface area (Å²) in [6.07, 6.45) is -0.366. The van der Waals surface area contributed by atoms with E-state index in [1.165, 1.54) is 0 Å². The lowest BCUT2D eigenvalue weighted by molar-refractivity contribution is -0.489. The number of carbonyl (C=O) groups excluding carboxylic acids is 1. The summed E-state index contributed by atoms with van der Waals surface area (Å²) in [6.45, 7) is 13.1. The van der Waals surface area contributed by atoms with Crippen LogP contribution in [-0.2, 0) is 14.0 Å². The molecule has 1 saturated heterocycles. The molecule has 0 unspecified atom stereocenters. The Hall–Kier alpha value is -0.953. The minimum Gasteiger partial charge on any atom is -0.459 e. The zero-order chi connectivity index (χ0) is 17.1. The van der Waals surface area contributed by atoms with Crippen LogP contribution >= 0.6 is 0 Å². The van der Waals surface area contributed by atoms with Gasteiger partial charge in [-0.3, -0.25) is 14.9 Å². The first-order valence-corrected chi connectivity index (χ1v) is 10.2. The Bertz CT molecular complexity index is 389. The average Bonchev–Trinajstić information content (AvgIpc) is 2.67. The maximum absolute atomic E-state index is 11.5. The molecule has 0 saturated carbocycles. The Kier molecular flexibility index (Phi) is 6.55. The molecule has 1 rings (SSSR count). The van der Waals surface area contributed by atoms with Gasteiger partial charge in [-0.05, 0) is 16.6 Å². The van der Waals surface area contributed by atoms with Crippen molar-refractivity contribution in [1.82, 2.24) is 0 Å². The topological polar surface area (TPSA) is 78.7 Å². The van der Waals surface area contributed by atoms with Gasteiger partial charge in [0.1, 0.15) is 6.10 Å². The van der Waals surface area contributed by atoms with E-state index in [4.69, 9.17) is 9.16 Å². The number of ether oxygens (including phenoxy) is 1. The fourth-order valence-electron chi connectivity index (χ4n) is 3.93. The number of esters is 1. The average molecular weight is 331 g/mol. The molecule has 0 amide bonds. The maximum atomic E-state index is 11.5. The molecule has 6 nitrogen and oxygen atoms in total. The summed E-state index contributed by atoms with van der Waals surface area (Å²) >= 11 is 0. The molecule has 7 heteroatoms. The lowest BCUT2D eigenvalue weighted by Gasteiger charge is -2.42. The van der Waals surface area contributed by atoms with Crippen molar-refractivity contribution in [2.45, 2.75) is 70.7 Å². The predicted molar refractivity (Wildman–Crippen MR) is 86.8 cm³/mol. The molecule has 0 N–H and O–H groups in total. The molecule has 1 heterocycles. The molecule has 0 aromatic heterocycles. The molecule has 1 aliphatic rings. The van der Waals surface area contributed by atoms with Crippen LogP contribution in [0, 0.1) is 16.0 Å². The molecule has 0 radical (unpaired) electrons. The molecule has 0 aliphatic carbocycles. The predicted octanol–water partition coefficient (Wildman–Crippen LogP) is 3.39. The van der Waals surface area contributed by atoms with Crippen LogP contribution in [0.5, 0.6) is 0 Å². The minimum atomic E-state index is -2.05. The van der Waals surface area contributed by atoms with Gasteiger partial charge in [-0.1, -0.05) is 41.5 Å². The lowest BCUT2D eigenvalue weighted by atomic mass is 10.0. The molecular formula is C15H29NO5Si. The normalized spacial score (nSPS) is 22.7. The fraction of sp³-hybridized carbons (Fsp3) is 0.933. The van der Waals surface area contributed by atoms with Crippen LogP contribution in [0.1, 0.15) is 48.0 Å². The van der Waals surface area contributed by atoms with Crippen LogP contribution in [-0.4, -0.2) is 38.5 Å². The van der Waals surface area contributed by atoms with E-state index in [2.05, 4.69) is 41.5 Å². The first-order chi connectivity index (χ1) is 10.1. The standard InChI is InChI=1S/C15H29NO5Si/c1-10(2)22(11(3)4,12(5)6)20-9-14-13(8-16(18)19)7-15(17)21-14/h10-14H,7-9H2,1-6H3/t13-,14-/m1/s1. The van der Waals surface area contributed by atoms with Crippen molar-refractivity contribution in [2.24, 2.45) is 5.92 Å². The lowest BCUT2D eigenvalue weighted by Crippen LogP contribution is -2.49. The Balaban J connectivity index is 2.83. The van der Waals surface area contributed by atoms with E-state index < -0.39 is 14.4 Å². The SMILES string of the molecule is CC(C)[Si](OC[C@H]1OC(=O)C[C@@H]1C[N+](=O)[O-])(C(C)C)C(C)C. The van der Waals surface area contributed by atoms with Gasteiger partial charge in [0, 0.05) is 4.92 Å². The molecule has 0 bridgehead atoms. The first kappa shape index (κ1) is 19.1. The molecule has 0 aromatic carbocycles. The number of rotatable bonds is 8. The van der Waals surface area contributed by atoms with Crippen molar-refractivity contribution in [3.05, 3.63) is 10.1 Å². The highest BCUT2D eigenvalue weighted by molar-refractivity contribution is 6.77. The highest BCUT2D eigenvalue weighted by atomic mass is 28.4. The van der Waals surface area contributed by atoms with Crippen LogP contribution in [0.25, 0.3) is 0 Å². The van der Waals surface area contributed by atoms with Crippen LogP contribution in [0.3, 0.4) is 0 Å². The van der Waals surface area contributed by atoms with Gasteiger partial charge in [0.2, 0.25) is 14.9 Å². The number of hydrogen-bond acceptors (Lipinski definition) is 5. The highest BCUT2D eigenvalue weighted by Crippen LogP contribution is 2.42. The maximum Gasteiger partial charge on any atom is 0.306 e. The monoisotopic (exact) mass is 331 g/mol. The minimum absolute atomic E-state index is 0.120. The van der Waals surface area contributed by atoms with Crippen molar-refractivity contribution in [3.8, 4) is 0 Å². The van der Waals surface area contributed by atoms with Crippen molar-refractivity contribution in [3.63, 3.8) is 0 Å².